The molecule has 3 aliphatic rings. The minimum absolute atomic E-state index is 0.0541. The predicted octanol–water partition coefficient (Wildman–Crippen LogP) is 4.87. The lowest BCUT2D eigenvalue weighted by Gasteiger charge is -2.53. The van der Waals surface area contributed by atoms with E-state index in [9.17, 15) is 18.4 Å². The Bertz CT molecular complexity index is 1120. The molecule has 0 aliphatic heterocycles. The first kappa shape index (κ1) is 31.8. The molecule has 5 rings (SSSR count). The molecular formula is C28H35ClF2N2O6. The Hall–Kier alpha value is -3.40. The summed E-state index contributed by atoms with van der Waals surface area (Å²) in [7, 11) is 1.35. The predicted molar refractivity (Wildman–Crippen MR) is 142 cm³/mol. The van der Waals surface area contributed by atoms with Gasteiger partial charge in [0.2, 0.25) is 6.41 Å². The molecule has 11 heteroatoms. The van der Waals surface area contributed by atoms with Gasteiger partial charge in [-0.15, -0.1) is 0 Å². The molecule has 0 saturated heterocycles. The number of carbonyl (C=O) groups excluding carboxylic acids is 3. The van der Waals surface area contributed by atoms with Crippen molar-refractivity contribution in [2.45, 2.75) is 57.9 Å². The average Bonchev–Trinajstić information content (AvgIpc) is 2.92. The number of amides is 2. The van der Waals surface area contributed by atoms with Crippen molar-refractivity contribution in [1.29, 1.82) is 0 Å². The Balaban J connectivity index is 0.000000590. The van der Waals surface area contributed by atoms with Gasteiger partial charge in [0.1, 0.15) is 23.1 Å². The maximum atomic E-state index is 13.6. The zero-order valence-corrected chi connectivity index (χ0v) is 23.1. The number of hydrogen-bond donors (Lipinski definition) is 2. The van der Waals surface area contributed by atoms with Crippen molar-refractivity contribution in [2.24, 2.45) is 11.1 Å². The summed E-state index contributed by atoms with van der Waals surface area (Å²) in [4.78, 5) is 30.6. The monoisotopic (exact) mass is 568 g/mol. The molecule has 39 heavy (non-hydrogen) atoms. The number of rotatable bonds is 7. The number of benzene rings is 2. The molecule has 214 valence electrons. The van der Waals surface area contributed by atoms with E-state index in [-0.39, 0.29) is 46.7 Å². The molecule has 2 aromatic rings. The Labute approximate surface area is 232 Å². The number of fused-ring (bicyclic) bond motifs is 3. The molecule has 3 saturated carbocycles. The molecule has 2 amide bonds. The number of carbonyl (C=O) groups is 3. The average molecular weight is 569 g/mol. The van der Waals surface area contributed by atoms with Crippen LogP contribution in [0.25, 0.3) is 0 Å². The summed E-state index contributed by atoms with van der Waals surface area (Å²) in [5.41, 5.74) is 4.54. The van der Waals surface area contributed by atoms with Crippen LogP contribution in [0.1, 0.15) is 51.0 Å². The molecule has 2 aromatic carbocycles. The third-order valence-electron chi connectivity index (χ3n) is 7.04. The number of halogens is 3. The summed E-state index contributed by atoms with van der Waals surface area (Å²) in [6.07, 6.45) is 5.68. The zero-order chi connectivity index (χ0) is 29.1. The summed E-state index contributed by atoms with van der Waals surface area (Å²) in [5.74, 6) is -0.444. The van der Waals surface area contributed by atoms with E-state index < -0.39 is 5.82 Å². The largest absolute Gasteiger partial charge is 0.493 e. The van der Waals surface area contributed by atoms with Crippen molar-refractivity contribution in [3.05, 3.63) is 58.6 Å². The standard InChI is InChI=1S/C24H26ClF2NO3.C3H6O2.CH3NO/c1-16-2-3-17(12-20(16)26)30-14-22(29)28-24-9-6-23(7-10-24,8-11-24)15-31-18-4-5-19(25)21(27)13-18;1-3(4)5-2;2-1-3/h2-5,12-13H,6-11,14-15H2,1H3,(H,28,29);1-2H3;1H,(H2,2,3). The van der Waals surface area contributed by atoms with Crippen LogP contribution in [-0.2, 0) is 19.1 Å². The summed E-state index contributed by atoms with van der Waals surface area (Å²) in [5, 5.41) is 3.24. The number of ether oxygens (including phenoxy) is 3. The molecule has 8 nitrogen and oxygen atoms in total. The maximum Gasteiger partial charge on any atom is 0.302 e. The van der Waals surface area contributed by atoms with E-state index in [0.29, 0.717) is 23.7 Å². The second kappa shape index (κ2) is 14.7. The molecule has 3 aliphatic carbocycles. The van der Waals surface area contributed by atoms with Crippen LogP contribution in [0.4, 0.5) is 8.78 Å². The Kier molecular flexibility index (Phi) is 12.0. The van der Waals surface area contributed by atoms with Crippen molar-refractivity contribution in [1.82, 2.24) is 5.32 Å². The Morgan fingerprint density at radius 2 is 1.51 bits per heavy atom. The van der Waals surface area contributed by atoms with Crippen molar-refractivity contribution >= 4 is 29.9 Å². The van der Waals surface area contributed by atoms with Crippen LogP contribution in [0.3, 0.4) is 0 Å². The van der Waals surface area contributed by atoms with Gasteiger partial charge >= 0.3 is 5.97 Å². The first-order chi connectivity index (χ1) is 18.5. The number of nitrogens with one attached hydrogen (secondary N) is 1. The summed E-state index contributed by atoms with van der Waals surface area (Å²) in [6.45, 7) is 3.43. The fraction of sp³-hybridized carbons (Fsp3) is 0.464. The molecule has 0 radical (unpaired) electrons. The molecule has 0 heterocycles. The molecule has 0 unspecified atom stereocenters. The first-order valence-corrected chi connectivity index (χ1v) is 12.8. The van der Waals surface area contributed by atoms with E-state index in [1.807, 2.05) is 0 Å². The first-order valence-electron chi connectivity index (χ1n) is 12.4. The van der Waals surface area contributed by atoms with E-state index in [1.54, 1.807) is 25.1 Å². The summed E-state index contributed by atoms with van der Waals surface area (Å²) in [6, 6.07) is 9.07. The van der Waals surface area contributed by atoms with Gasteiger partial charge in [0, 0.05) is 30.0 Å². The number of nitrogens with two attached hydrogens (primary N) is 1. The topological polar surface area (TPSA) is 117 Å². The van der Waals surface area contributed by atoms with Crippen LogP contribution in [0.2, 0.25) is 5.02 Å². The molecule has 0 spiro atoms. The minimum Gasteiger partial charge on any atom is -0.493 e. The van der Waals surface area contributed by atoms with E-state index in [2.05, 4.69) is 15.8 Å². The summed E-state index contributed by atoms with van der Waals surface area (Å²) >= 11 is 5.73. The van der Waals surface area contributed by atoms with Crippen molar-refractivity contribution in [3.63, 3.8) is 0 Å². The van der Waals surface area contributed by atoms with Crippen LogP contribution in [-0.4, -0.2) is 44.1 Å². The van der Waals surface area contributed by atoms with Crippen LogP contribution in [0, 0.1) is 24.0 Å². The fourth-order valence-corrected chi connectivity index (χ4v) is 4.73. The van der Waals surface area contributed by atoms with Crippen molar-refractivity contribution in [3.8, 4) is 11.5 Å². The third kappa shape index (κ3) is 9.69. The van der Waals surface area contributed by atoms with Crippen LogP contribution in [0.15, 0.2) is 36.4 Å². The van der Waals surface area contributed by atoms with Gasteiger partial charge in [-0.1, -0.05) is 17.7 Å². The third-order valence-corrected chi connectivity index (χ3v) is 7.35. The maximum absolute atomic E-state index is 13.6. The number of esters is 1. The Morgan fingerprint density at radius 3 is 2.03 bits per heavy atom. The molecular weight excluding hydrogens is 534 g/mol. The fourth-order valence-electron chi connectivity index (χ4n) is 4.61. The van der Waals surface area contributed by atoms with E-state index in [1.165, 1.54) is 32.2 Å². The second-order valence-corrected chi connectivity index (χ2v) is 10.1. The quantitative estimate of drug-likeness (QED) is 0.363. The highest BCUT2D eigenvalue weighted by Crippen LogP contribution is 2.52. The highest BCUT2D eigenvalue weighted by Gasteiger charge is 2.49. The van der Waals surface area contributed by atoms with Crippen LogP contribution < -0.4 is 20.5 Å². The molecule has 3 N–H and O–H groups in total. The molecule has 2 bridgehead atoms. The van der Waals surface area contributed by atoms with Crippen molar-refractivity contribution in [2.75, 3.05) is 20.3 Å². The zero-order valence-electron chi connectivity index (χ0n) is 22.4. The van der Waals surface area contributed by atoms with Gasteiger partial charge in [0.15, 0.2) is 6.61 Å². The van der Waals surface area contributed by atoms with Gasteiger partial charge < -0.3 is 25.3 Å². The lowest BCUT2D eigenvalue weighted by atomic mass is 9.57. The van der Waals surface area contributed by atoms with Gasteiger partial charge in [-0.3, -0.25) is 14.4 Å². The molecule has 0 atom stereocenters. The van der Waals surface area contributed by atoms with Crippen molar-refractivity contribution < 1.29 is 37.4 Å². The smallest absolute Gasteiger partial charge is 0.302 e. The van der Waals surface area contributed by atoms with Gasteiger partial charge in [-0.05, 0) is 69.2 Å². The van der Waals surface area contributed by atoms with E-state index >= 15 is 0 Å². The van der Waals surface area contributed by atoms with Gasteiger partial charge in [-0.25, -0.2) is 8.78 Å². The Morgan fingerprint density at radius 1 is 1.00 bits per heavy atom. The van der Waals surface area contributed by atoms with Crippen LogP contribution >= 0.6 is 11.6 Å². The van der Waals surface area contributed by atoms with Crippen LogP contribution in [0.5, 0.6) is 11.5 Å². The molecule has 0 aromatic heterocycles. The highest BCUT2D eigenvalue weighted by atomic mass is 35.5. The van der Waals surface area contributed by atoms with Gasteiger partial charge in [-0.2, -0.15) is 0 Å². The summed E-state index contributed by atoms with van der Waals surface area (Å²) < 4.78 is 42.7. The lowest BCUT2D eigenvalue weighted by molar-refractivity contribution is -0.138. The van der Waals surface area contributed by atoms with E-state index in [4.69, 9.17) is 25.9 Å². The van der Waals surface area contributed by atoms with E-state index in [0.717, 1.165) is 38.5 Å². The molecule has 3 fully saturated rings. The van der Waals surface area contributed by atoms with Gasteiger partial charge in [0.05, 0.1) is 18.7 Å². The normalized spacial score (nSPS) is 20.8. The minimum atomic E-state index is -0.485. The number of methoxy groups -OCH3 is 1. The number of hydrogen-bond acceptors (Lipinski definition) is 6. The second-order valence-electron chi connectivity index (χ2n) is 9.72. The lowest BCUT2D eigenvalue weighted by Crippen LogP contribution is -2.58. The SMILES string of the molecule is COC(C)=O.Cc1ccc(OCC(=O)NC23CCC(COc4ccc(Cl)c(F)c4)(CC2)CC3)cc1F.NC=O. The highest BCUT2D eigenvalue weighted by molar-refractivity contribution is 6.30. The number of primary amides is 1. The number of aryl methyl sites for hydroxylation is 1. The van der Waals surface area contributed by atoms with Gasteiger partial charge in [0.25, 0.3) is 5.91 Å².